The van der Waals surface area contributed by atoms with Crippen molar-refractivity contribution in [2.45, 2.75) is 45.4 Å². The summed E-state index contributed by atoms with van der Waals surface area (Å²) < 4.78 is 11.8. The van der Waals surface area contributed by atoms with Gasteiger partial charge >= 0.3 is 6.09 Å². The quantitative estimate of drug-likeness (QED) is 0.343. The molecule has 0 spiro atoms. The van der Waals surface area contributed by atoms with Crippen LogP contribution in [-0.4, -0.2) is 47.5 Å². The average Bonchev–Trinajstić information content (AvgIpc) is 3.28. The number of hydrogen-bond acceptors (Lipinski definition) is 5. The molecule has 2 aromatic carbocycles. The normalized spacial score (nSPS) is 19.0. The molecule has 1 aliphatic rings. The molecule has 0 N–H and O–H groups in total. The number of ether oxygens (including phenoxy) is 2. The van der Waals surface area contributed by atoms with Crippen LogP contribution in [0.2, 0.25) is 0 Å². The number of aliphatic imine (C=N–C) groups is 1. The molecule has 9 heteroatoms. The van der Waals surface area contributed by atoms with E-state index in [1.54, 1.807) is 46.3 Å². The van der Waals surface area contributed by atoms with Crippen molar-refractivity contribution in [3.8, 4) is 5.75 Å². The van der Waals surface area contributed by atoms with Crippen LogP contribution < -0.4 is 4.74 Å². The number of benzene rings is 2. The largest absolute Gasteiger partial charge is 0.497 e. The van der Waals surface area contributed by atoms with Gasteiger partial charge in [0.25, 0.3) is 5.91 Å². The predicted octanol–water partition coefficient (Wildman–Crippen LogP) is 6.66. The summed E-state index contributed by atoms with van der Waals surface area (Å²) in [6, 6.07) is 19.3. The summed E-state index contributed by atoms with van der Waals surface area (Å²) in [6.45, 7) is 7.77. The standard InChI is InChI=1S/C28H30BrN3O4S/c1-27(2,3)36-26(34)30-25-31(5)24(33)20-9-7-8-10-21(20)28(4,22-15-16-23(29)37-22)32(25)17-18-11-13-19(35-6)14-12-18/h7-16H,17H2,1-6H3/b30-25+. The Morgan fingerprint density at radius 3 is 2.35 bits per heavy atom. The Bertz CT molecular complexity index is 1350. The fourth-order valence-corrected chi connectivity index (χ4v) is 5.93. The molecule has 194 valence electrons. The highest BCUT2D eigenvalue weighted by Crippen LogP contribution is 2.45. The fourth-order valence-electron chi connectivity index (χ4n) is 4.38. The Labute approximate surface area is 229 Å². The maximum atomic E-state index is 13.8. The van der Waals surface area contributed by atoms with Gasteiger partial charge in [-0.2, -0.15) is 0 Å². The second-order valence-electron chi connectivity index (χ2n) is 9.91. The van der Waals surface area contributed by atoms with Crippen molar-refractivity contribution >= 4 is 45.2 Å². The van der Waals surface area contributed by atoms with Gasteiger partial charge in [-0.1, -0.05) is 30.3 Å². The SMILES string of the molecule is COc1ccc(CN2/C(=N/C(=O)OC(C)(C)C)N(C)C(=O)c3ccccc3C2(C)c2ccc(Br)s2)cc1. The van der Waals surface area contributed by atoms with Crippen molar-refractivity contribution in [3.05, 3.63) is 86.0 Å². The number of carbonyl (C=O) groups excluding carboxylic acids is 2. The Kier molecular flexibility index (Phi) is 7.48. The molecule has 2 amide bonds. The monoisotopic (exact) mass is 583 g/mol. The molecule has 2 heterocycles. The number of nitrogens with zero attached hydrogens (tertiary/aromatic N) is 3. The topological polar surface area (TPSA) is 71.4 Å². The van der Waals surface area contributed by atoms with Gasteiger partial charge in [0, 0.05) is 24.0 Å². The lowest BCUT2D eigenvalue weighted by molar-refractivity contribution is 0.0595. The van der Waals surface area contributed by atoms with Crippen molar-refractivity contribution in [1.82, 2.24) is 9.80 Å². The second kappa shape index (κ2) is 10.3. The van der Waals surface area contributed by atoms with Crippen LogP contribution in [0.15, 0.2) is 69.4 Å². The number of fused-ring (bicyclic) bond motifs is 1. The molecule has 0 bridgehead atoms. The van der Waals surface area contributed by atoms with Crippen LogP contribution in [0.1, 0.15) is 54.1 Å². The molecule has 0 saturated heterocycles. The van der Waals surface area contributed by atoms with Gasteiger partial charge < -0.3 is 14.4 Å². The van der Waals surface area contributed by atoms with Gasteiger partial charge in [-0.15, -0.1) is 16.3 Å². The molecule has 4 rings (SSSR count). The number of carbonyl (C=O) groups is 2. The fraction of sp³-hybridized carbons (Fsp3) is 0.321. The first-order valence-electron chi connectivity index (χ1n) is 11.8. The molecule has 7 nitrogen and oxygen atoms in total. The first kappa shape index (κ1) is 26.9. The summed E-state index contributed by atoms with van der Waals surface area (Å²) in [5.41, 5.74) is 0.754. The lowest BCUT2D eigenvalue weighted by atomic mass is 9.85. The van der Waals surface area contributed by atoms with Crippen LogP contribution in [0, 0.1) is 0 Å². The molecule has 0 aliphatic carbocycles. The maximum Gasteiger partial charge on any atom is 0.437 e. The first-order chi connectivity index (χ1) is 17.4. The summed E-state index contributed by atoms with van der Waals surface area (Å²) in [5, 5.41) is 0. The zero-order valence-electron chi connectivity index (χ0n) is 21.7. The van der Waals surface area contributed by atoms with Crippen LogP contribution in [0.4, 0.5) is 4.79 Å². The molecule has 0 fully saturated rings. The van der Waals surface area contributed by atoms with E-state index in [4.69, 9.17) is 9.47 Å². The lowest BCUT2D eigenvalue weighted by Gasteiger charge is -2.42. The molecule has 3 aromatic rings. The third-order valence-electron chi connectivity index (χ3n) is 6.21. The number of guanidine groups is 1. The molecule has 1 aromatic heterocycles. The molecule has 0 saturated carbocycles. The minimum atomic E-state index is -0.839. The van der Waals surface area contributed by atoms with E-state index < -0.39 is 17.2 Å². The van der Waals surface area contributed by atoms with E-state index in [-0.39, 0.29) is 11.9 Å². The van der Waals surface area contributed by atoms with Crippen molar-refractivity contribution in [1.29, 1.82) is 0 Å². The highest BCUT2D eigenvalue weighted by Gasteiger charge is 2.46. The van der Waals surface area contributed by atoms with E-state index in [0.29, 0.717) is 12.1 Å². The molecule has 1 aliphatic heterocycles. The number of methoxy groups -OCH3 is 1. The van der Waals surface area contributed by atoms with Crippen molar-refractivity contribution in [3.63, 3.8) is 0 Å². The Hall–Kier alpha value is -3.17. The second-order valence-corrected chi connectivity index (χ2v) is 12.4. The van der Waals surface area contributed by atoms with E-state index in [9.17, 15) is 9.59 Å². The van der Waals surface area contributed by atoms with E-state index in [2.05, 4.69) is 27.8 Å². The third kappa shape index (κ3) is 5.43. The van der Waals surface area contributed by atoms with Crippen LogP contribution >= 0.6 is 27.3 Å². The maximum absolute atomic E-state index is 13.8. The van der Waals surface area contributed by atoms with Crippen molar-refractivity contribution in [2.75, 3.05) is 14.2 Å². The highest BCUT2D eigenvalue weighted by atomic mass is 79.9. The average molecular weight is 585 g/mol. The van der Waals surface area contributed by atoms with Crippen LogP contribution in [0.3, 0.4) is 0 Å². The minimum absolute atomic E-state index is 0.207. The van der Waals surface area contributed by atoms with E-state index in [1.807, 2.05) is 65.6 Å². The third-order valence-corrected chi connectivity index (χ3v) is 8.04. The van der Waals surface area contributed by atoms with Crippen LogP contribution in [-0.2, 0) is 16.8 Å². The van der Waals surface area contributed by atoms with E-state index in [0.717, 1.165) is 25.5 Å². The van der Waals surface area contributed by atoms with Gasteiger partial charge in [-0.05, 0) is 85.1 Å². The minimum Gasteiger partial charge on any atom is -0.497 e. The van der Waals surface area contributed by atoms with E-state index >= 15 is 0 Å². The predicted molar refractivity (Wildman–Crippen MR) is 149 cm³/mol. The zero-order valence-corrected chi connectivity index (χ0v) is 24.1. The van der Waals surface area contributed by atoms with Crippen LogP contribution in [0.25, 0.3) is 0 Å². The Morgan fingerprint density at radius 2 is 1.76 bits per heavy atom. The van der Waals surface area contributed by atoms with Gasteiger partial charge in [0.1, 0.15) is 16.9 Å². The molecule has 1 atom stereocenters. The number of hydrogen-bond donors (Lipinski definition) is 0. The van der Waals surface area contributed by atoms with E-state index in [1.165, 1.54) is 4.90 Å². The number of amides is 2. The van der Waals surface area contributed by atoms with Crippen molar-refractivity contribution in [2.24, 2.45) is 4.99 Å². The summed E-state index contributed by atoms with van der Waals surface area (Å²) >= 11 is 5.18. The Balaban J connectivity index is 1.98. The smallest absolute Gasteiger partial charge is 0.437 e. The Morgan fingerprint density at radius 1 is 1.08 bits per heavy atom. The highest BCUT2D eigenvalue weighted by molar-refractivity contribution is 9.11. The first-order valence-corrected chi connectivity index (χ1v) is 13.4. The molecular weight excluding hydrogens is 554 g/mol. The summed E-state index contributed by atoms with van der Waals surface area (Å²) in [6.07, 6.45) is -0.762. The van der Waals surface area contributed by atoms with Crippen LogP contribution in [0.5, 0.6) is 5.75 Å². The molecular formula is C28H30BrN3O4S. The van der Waals surface area contributed by atoms with Gasteiger partial charge in [0.15, 0.2) is 0 Å². The lowest BCUT2D eigenvalue weighted by Crippen LogP contribution is -2.51. The number of rotatable bonds is 4. The van der Waals surface area contributed by atoms with Gasteiger partial charge in [-0.25, -0.2) is 4.79 Å². The summed E-state index contributed by atoms with van der Waals surface area (Å²) in [4.78, 5) is 35.6. The van der Waals surface area contributed by atoms with Gasteiger partial charge in [0.05, 0.1) is 10.9 Å². The van der Waals surface area contributed by atoms with Gasteiger partial charge in [-0.3, -0.25) is 9.69 Å². The molecule has 37 heavy (non-hydrogen) atoms. The number of halogens is 1. The summed E-state index contributed by atoms with van der Waals surface area (Å²) in [7, 11) is 3.26. The summed E-state index contributed by atoms with van der Waals surface area (Å²) in [5.74, 6) is 0.695. The van der Waals surface area contributed by atoms with Gasteiger partial charge in [0.2, 0.25) is 5.96 Å². The van der Waals surface area contributed by atoms with Crippen molar-refractivity contribution < 1.29 is 19.1 Å². The number of thiophene rings is 1. The molecule has 1 unspecified atom stereocenters. The molecule has 0 radical (unpaired) electrons. The zero-order chi connectivity index (χ0) is 27.0.